The maximum Gasteiger partial charge on any atom is 0.307 e. The first-order valence-corrected chi connectivity index (χ1v) is 8.51. The van der Waals surface area contributed by atoms with E-state index >= 15 is 0 Å². The summed E-state index contributed by atoms with van der Waals surface area (Å²) in [6.07, 6.45) is -0.307. The number of carboxylic acids is 1. The van der Waals surface area contributed by atoms with E-state index in [2.05, 4.69) is 0 Å². The Kier molecular flexibility index (Phi) is 4.45. The summed E-state index contributed by atoms with van der Waals surface area (Å²) in [6, 6.07) is 4.56. The Bertz CT molecular complexity index is 1000. The predicted molar refractivity (Wildman–Crippen MR) is 95.3 cm³/mol. The number of carbonyl (C=O) groups excluding carboxylic acids is 1. The van der Waals surface area contributed by atoms with Crippen LogP contribution in [0.25, 0.3) is 10.9 Å². The summed E-state index contributed by atoms with van der Waals surface area (Å²) in [4.78, 5) is 24.2. The van der Waals surface area contributed by atoms with Gasteiger partial charge in [0.1, 0.15) is 5.75 Å². The largest absolute Gasteiger partial charge is 0.506 e. The Morgan fingerprint density at radius 1 is 1.36 bits per heavy atom. The van der Waals surface area contributed by atoms with E-state index in [0.29, 0.717) is 32.8 Å². The molecule has 0 spiro atoms. The molecule has 0 saturated carbocycles. The molecule has 0 radical (unpaired) electrons. The second kappa shape index (κ2) is 6.42. The highest BCUT2D eigenvalue weighted by Gasteiger charge is 2.24. The van der Waals surface area contributed by atoms with E-state index in [9.17, 15) is 19.8 Å². The van der Waals surface area contributed by atoms with Gasteiger partial charge in [0.2, 0.25) is 0 Å². The molecule has 1 aromatic carbocycles. The van der Waals surface area contributed by atoms with Crippen LogP contribution in [-0.4, -0.2) is 33.8 Å². The lowest BCUT2D eigenvalue weighted by molar-refractivity contribution is -0.136. The van der Waals surface area contributed by atoms with E-state index in [1.54, 1.807) is 24.4 Å². The molecule has 8 heteroatoms. The lowest BCUT2D eigenvalue weighted by atomic mass is 10.1. The average molecular weight is 380 g/mol. The normalized spacial score (nSPS) is 11.0. The van der Waals surface area contributed by atoms with Gasteiger partial charge in [-0.3, -0.25) is 14.2 Å². The highest BCUT2D eigenvalue weighted by Crippen LogP contribution is 2.38. The molecule has 0 unspecified atom stereocenters. The van der Waals surface area contributed by atoms with Gasteiger partial charge in [-0.15, -0.1) is 11.3 Å². The standard InChI is InChI=1S/C17H14ClNO5S/c1-8-10(6-13(21)22)15-11(3-4-12(20)16(15)18)19(8)17(23)9-5-14(24-2)25-7-9/h3-5,7,20H,6H2,1-2H3,(H,21,22). The smallest absolute Gasteiger partial charge is 0.307 e. The van der Waals surface area contributed by atoms with Crippen molar-refractivity contribution in [2.45, 2.75) is 13.3 Å². The number of methoxy groups -OCH3 is 1. The second-order valence-corrected chi connectivity index (χ2v) is 6.68. The highest BCUT2D eigenvalue weighted by atomic mass is 35.5. The van der Waals surface area contributed by atoms with Crippen molar-refractivity contribution in [3.63, 3.8) is 0 Å². The van der Waals surface area contributed by atoms with Gasteiger partial charge in [0.15, 0.2) is 5.06 Å². The summed E-state index contributed by atoms with van der Waals surface area (Å²) >= 11 is 7.48. The summed E-state index contributed by atoms with van der Waals surface area (Å²) in [5, 5.41) is 21.7. The molecular formula is C17H14ClNO5S. The fourth-order valence-corrected chi connectivity index (χ4v) is 3.80. The Hall–Kier alpha value is -2.51. The first-order chi connectivity index (χ1) is 11.8. The number of thiophene rings is 1. The Morgan fingerprint density at radius 2 is 2.08 bits per heavy atom. The van der Waals surface area contributed by atoms with Crippen molar-refractivity contribution >= 4 is 45.7 Å². The molecule has 3 aromatic rings. The number of hydrogen-bond donors (Lipinski definition) is 2. The average Bonchev–Trinajstić information content (AvgIpc) is 3.14. The third kappa shape index (κ3) is 2.85. The van der Waals surface area contributed by atoms with Crippen LogP contribution in [-0.2, 0) is 11.2 Å². The number of nitrogens with zero attached hydrogens (tertiary/aromatic N) is 1. The number of benzene rings is 1. The van der Waals surface area contributed by atoms with Gasteiger partial charge in [-0.2, -0.15) is 0 Å². The summed E-state index contributed by atoms with van der Waals surface area (Å²) in [6.45, 7) is 1.66. The number of hydrogen-bond acceptors (Lipinski definition) is 5. The van der Waals surface area contributed by atoms with Crippen molar-refractivity contribution in [2.75, 3.05) is 7.11 Å². The van der Waals surface area contributed by atoms with Crippen LogP contribution < -0.4 is 4.74 Å². The minimum atomic E-state index is -1.05. The number of carboxylic acid groups (broad SMARTS) is 1. The minimum Gasteiger partial charge on any atom is -0.506 e. The zero-order chi connectivity index (χ0) is 18.3. The lowest BCUT2D eigenvalue weighted by Gasteiger charge is -2.06. The molecule has 0 amide bonds. The number of halogens is 1. The Balaban J connectivity index is 2.28. The first-order valence-electron chi connectivity index (χ1n) is 7.25. The third-order valence-corrected chi connectivity index (χ3v) is 5.24. The summed E-state index contributed by atoms with van der Waals surface area (Å²) in [5.74, 6) is -1.53. The number of carbonyl (C=O) groups is 2. The van der Waals surface area contributed by atoms with E-state index < -0.39 is 5.97 Å². The fraction of sp³-hybridized carbons (Fsp3) is 0.176. The van der Waals surface area contributed by atoms with Crippen LogP contribution in [0.4, 0.5) is 0 Å². The van der Waals surface area contributed by atoms with Crippen LogP contribution in [0, 0.1) is 6.92 Å². The van der Waals surface area contributed by atoms with Gasteiger partial charge in [-0.05, 0) is 24.6 Å². The molecule has 130 valence electrons. The molecule has 2 heterocycles. The molecule has 3 rings (SSSR count). The molecule has 0 atom stereocenters. The van der Waals surface area contributed by atoms with Gasteiger partial charge in [0, 0.05) is 22.5 Å². The van der Waals surface area contributed by atoms with Crippen molar-refractivity contribution in [2.24, 2.45) is 0 Å². The number of rotatable bonds is 4. The molecule has 0 aliphatic rings. The van der Waals surface area contributed by atoms with Gasteiger partial charge >= 0.3 is 5.97 Å². The minimum absolute atomic E-state index is 0.0336. The number of ether oxygens (including phenoxy) is 1. The molecule has 0 aliphatic carbocycles. The van der Waals surface area contributed by atoms with Crippen molar-refractivity contribution in [1.29, 1.82) is 0 Å². The summed E-state index contributed by atoms with van der Waals surface area (Å²) in [7, 11) is 1.52. The van der Waals surface area contributed by atoms with Gasteiger partial charge in [0.05, 0.1) is 29.6 Å². The van der Waals surface area contributed by atoms with Crippen LogP contribution in [0.1, 0.15) is 21.6 Å². The first kappa shape index (κ1) is 17.3. The topological polar surface area (TPSA) is 88.8 Å². The van der Waals surface area contributed by atoms with E-state index in [-0.39, 0.29) is 23.1 Å². The van der Waals surface area contributed by atoms with Crippen LogP contribution >= 0.6 is 22.9 Å². The van der Waals surface area contributed by atoms with Crippen molar-refractivity contribution in [3.05, 3.63) is 45.4 Å². The SMILES string of the molecule is COc1cc(C(=O)n2c(C)c(CC(=O)O)c3c(Cl)c(O)ccc32)cs1. The van der Waals surface area contributed by atoms with Crippen molar-refractivity contribution in [1.82, 2.24) is 4.57 Å². The maximum atomic E-state index is 13.0. The molecular weight excluding hydrogens is 366 g/mol. The maximum absolute atomic E-state index is 13.0. The summed E-state index contributed by atoms with van der Waals surface area (Å²) < 4.78 is 6.53. The highest BCUT2D eigenvalue weighted by molar-refractivity contribution is 7.12. The molecule has 2 N–H and O–H groups in total. The molecule has 0 fully saturated rings. The zero-order valence-electron chi connectivity index (χ0n) is 13.4. The van der Waals surface area contributed by atoms with Crippen LogP contribution in [0.15, 0.2) is 23.6 Å². The number of aliphatic carboxylic acids is 1. The number of phenolic OH excluding ortho intramolecular Hbond substituents is 1. The molecule has 6 nitrogen and oxygen atoms in total. The monoisotopic (exact) mass is 379 g/mol. The molecule has 2 aromatic heterocycles. The Morgan fingerprint density at radius 3 is 2.68 bits per heavy atom. The lowest BCUT2D eigenvalue weighted by Crippen LogP contribution is -2.13. The number of aromatic nitrogens is 1. The molecule has 0 aliphatic heterocycles. The van der Waals surface area contributed by atoms with Gasteiger partial charge < -0.3 is 14.9 Å². The summed E-state index contributed by atoms with van der Waals surface area (Å²) in [5.41, 5.74) is 1.75. The van der Waals surface area contributed by atoms with E-state index in [1.165, 1.54) is 29.1 Å². The zero-order valence-corrected chi connectivity index (χ0v) is 14.9. The van der Waals surface area contributed by atoms with Crippen molar-refractivity contribution in [3.8, 4) is 10.8 Å². The van der Waals surface area contributed by atoms with Gasteiger partial charge in [-0.1, -0.05) is 11.6 Å². The number of aromatic hydroxyl groups is 1. The predicted octanol–water partition coefficient (Wildman–Crippen LogP) is 3.69. The fourth-order valence-electron chi connectivity index (χ4n) is 2.82. The van der Waals surface area contributed by atoms with E-state index in [1.807, 2.05) is 0 Å². The number of fused-ring (bicyclic) bond motifs is 1. The van der Waals surface area contributed by atoms with Crippen LogP contribution in [0.2, 0.25) is 5.02 Å². The molecule has 0 bridgehead atoms. The molecule has 25 heavy (non-hydrogen) atoms. The molecule has 0 saturated heterocycles. The third-order valence-electron chi connectivity index (χ3n) is 3.97. The van der Waals surface area contributed by atoms with Crippen LogP contribution in [0.3, 0.4) is 0 Å². The van der Waals surface area contributed by atoms with E-state index in [4.69, 9.17) is 16.3 Å². The Labute approximate surface area is 151 Å². The van der Waals surface area contributed by atoms with Crippen molar-refractivity contribution < 1.29 is 24.5 Å². The quantitative estimate of drug-likeness (QED) is 0.721. The van der Waals surface area contributed by atoms with Gasteiger partial charge in [0.25, 0.3) is 5.91 Å². The van der Waals surface area contributed by atoms with E-state index in [0.717, 1.165) is 0 Å². The van der Waals surface area contributed by atoms with Crippen LogP contribution in [0.5, 0.6) is 10.8 Å². The second-order valence-electron chi connectivity index (χ2n) is 5.43. The number of phenols is 1. The van der Waals surface area contributed by atoms with Gasteiger partial charge in [-0.25, -0.2) is 0 Å².